The van der Waals surface area contributed by atoms with Gasteiger partial charge in [-0.05, 0) is 44.9 Å². The van der Waals surface area contributed by atoms with Crippen molar-refractivity contribution in [2.45, 2.75) is 46.2 Å². The van der Waals surface area contributed by atoms with Crippen LogP contribution in [0.5, 0.6) is 0 Å². The first-order chi connectivity index (χ1) is 11.8. The average Bonchev–Trinajstić information content (AvgIpc) is 2.87. The van der Waals surface area contributed by atoms with Crippen LogP contribution >= 0.6 is 0 Å². The maximum Gasteiger partial charge on any atom is 0.312 e. The number of carboxylic acid groups (broad SMARTS) is 1. The number of benzene rings is 1. The van der Waals surface area contributed by atoms with Crippen molar-refractivity contribution in [3.63, 3.8) is 0 Å². The van der Waals surface area contributed by atoms with Crippen molar-refractivity contribution < 1.29 is 14.7 Å². The topological polar surface area (TPSA) is 62.5 Å². The SMILES string of the molecule is Cc1cc(C(=O)N2Cc3ccccc3C(C(=O)O)C2)c(C)n1C(C)C. The van der Waals surface area contributed by atoms with Crippen LogP contribution in [0.2, 0.25) is 0 Å². The van der Waals surface area contributed by atoms with Gasteiger partial charge in [-0.3, -0.25) is 9.59 Å². The van der Waals surface area contributed by atoms with Crippen molar-refractivity contribution >= 4 is 11.9 Å². The highest BCUT2D eigenvalue weighted by atomic mass is 16.4. The lowest BCUT2D eigenvalue weighted by Gasteiger charge is -2.33. The molecule has 0 saturated carbocycles. The van der Waals surface area contributed by atoms with E-state index < -0.39 is 11.9 Å². The molecule has 2 heterocycles. The summed E-state index contributed by atoms with van der Waals surface area (Å²) in [4.78, 5) is 26.5. The number of hydrogen-bond acceptors (Lipinski definition) is 2. The molecule has 1 amide bonds. The van der Waals surface area contributed by atoms with Crippen LogP contribution in [0.1, 0.15) is 58.7 Å². The first-order valence-corrected chi connectivity index (χ1v) is 8.59. The van der Waals surface area contributed by atoms with E-state index in [1.165, 1.54) is 0 Å². The zero-order valence-corrected chi connectivity index (χ0v) is 15.1. The molecule has 3 rings (SSSR count). The summed E-state index contributed by atoms with van der Waals surface area (Å²) in [6.07, 6.45) is 0. The van der Waals surface area contributed by atoms with Crippen LogP contribution in [0.15, 0.2) is 30.3 Å². The van der Waals surface area contributed by atoms with Gasteiger partial charge in [-0.1, -0.05) is 24.3 Å². The fourth-order valence-electron chi connectivity index (χ4n) is 3.93. The fourth-order valence-corrected chi connectivity index (χ4v) is 3.93. The molecule has 1 aromatic heterocycles. The van der Waals surface area contributed by atoms with Crippen LogP contribution in [0, 0.1) is 13.8 Å². The summed E-state index contributed by atoms with van der Waals surface area (Å²) < 4.78 is 2.14. The molecule has 1 aliphatic rings. The van der Waals surface area contributed by atoms with E-state index in [9.17, 15) is 14.7 Å². The number of aliphatic carboxylic acids is 1. The number of carbonyl (C=O) groups is 2. The van der Waals surface area contributed by atoms with Gasteiger partial charge in [0, 0.05) is 30.5 Å². The zero-order chi connectivity index (χ0) is 18.3. The molecular weight excluding hydrogens is 316 g/mol. The average molecular weight is 340 g/mol. The Labute approximate surface area is 147 Å². The number of hydrogen-bond donors (Lipinski definition) is 1. The van der Waals surface area contributed by atoms with E-state index in [4.69, 9.17) is 0 Å². The summed E-state index contributed by atoms with van der Waals surface area (Å²) in [5.41, 5.74) is 4.36. The van der Waals surface area contributed by atoms with E-state index in [1.807, 2.05) is 44.2 Å². The molecule has 132 valence electrons. The van der Waals surface area contributed by atoms with Crippen LogP contribution in [0.25, 0.3) is 0 Å². The molecule has 5 nitrogen and oxygen atoms in total. The molecule has 1 atom stereocenters. The van der Waals surface area contributed by atoms with E-state index in [2.05, 4.69) is 18.4 Å². The Morgan fingerprint density at radius 3 is 2.48 bits per heavy atom. The van der Waals surface area contributed by atoms with Crippen LogP contribution < -0.4 is 0 Å². The smallest absolute Gasteiger partial charge is 0.312 e. The number of carboxylic acids is 1. The highest BCUT2D eigenvalue weighted by molar-refractivity contribution is 5.96. The van der Waals surface area contributed by atoms with Gasteiger partial charge in [0.25, 0.3) is 5.91 Å². The third kappa shape index (κ3) is 2.95. The van der Waals surface area contributed by atoms with Crippen LogP contribution in [-0.2, 0) is 11.3 Å². The molecule has 0 fully saturated rings. The third-order valence-electron chi connectivity index (χ3n) is 5.01. The summed E-state index contributed by atoms with van der Waals surface area (Å²) in [5, 5.41) is 9.59. The molecule has 1 N–H and O–H groups in total. The normalized spacial score (nSPS) is 16.8. The molecule has 2 aromatic rings. The van der Waals surface area contributed by atoms with Crippen molar-refractivity contribution in [3.05, 3.63) is 58.4 Å². The zero-order valence-electron chi connectivity index (χ0n) is 15.1. The van der Waals surface area contributed by atoms with Crippen molar-refractivity contribution in [2.75, 3.05) is 6.54 Å². The van der Waals surface area contributed by atoms with E-state index in [1.54, 1.807) is 4.90 Å². The standard InChI is InChI=1S/C20H24N2O3/c1-12(2)22-13(3)9-17(14(22)4)19(23)21-10-15-7-5-6-8-16(15)18(11-21)20(24)25/h5-9,12,18H,10-11H2,1-4H3,(H,24,25). The second-order valence-corrected chi connectivity index (χ2v) is 7.02. The quantitative estimate of drug-likeness (QED) is 0.930. The Hall–Kier alpha value is -2.56. The Morgan fingerprint density at radius 2 is 1.88 bits per heavy atom. The van der Waals surface area contributed by atoms with Gasteiger partial charge >= 0.3 is 5.97 Å². The second-order valence-electron chi connectivity index (χ2n) is 7.02. The first-order valence-electron chi connectivity index (χ1n) is 8.59. The molecule has 0 bridgehead atoms. The first kappa shape index (κ1) is 17.3. The van der Waals surface area contributed by atoms with Gasteiger partial charge < -0.3 is 14.6 Å². The lowest BCUT2D eigenvalue weighted by atomic mass is 9.89. The predicted molar refractivity (Wildman–Crippen MR) is 95.9 cm³/mol. The third-order valence-corrected chi connectivity index (χ3v) is 5.01. The number of rotatable bonds is 3. The lowest BCUT2D eigenvalue weighted by molar-refractivity contribution is -0.139. The van der Waals surface area contributed by atoms with E-state index in [0.29, 0.717) is 12.1 Å². The molecule has 0 spiro atoms. The number of amides is 1. The molecule has 1 aliphatic heterocycles. The van der Waals surface area contributed by atoms with E-state index >= 15 is 0 Å². The summed E-state index contributed by atoms with van der Waals surface area (Å²) in [5.74, 6) is -1.67. The molecule has 1 aromatic carbocycles. The minimum atomic E-state index is -0.891. The number of aromatic nitrogens is 1. The molecule has 0 saturated heterocycles. The fraction of sp³-hybridized carbons (Fsp3) is 0.400. The van der Waals surface area contributed by atoms with Gasteiger partial charge in [-0.25, -0.2) is 0 Å². The minimum absolute atomic E-state index is 0.0965. The maximum atomic E-state index is 13.1. The summed E-state index contributed by atoms with van der Waals surface area (Å²) in [7, 11) is 0. The summed E-state index contributed by atoms with van der Waals surface area (Å²) in [6.45, 7) is 8.78. The number of aryl methyl sites for hydroxylation is 1. The van der Waals surface area contributed by atoms with Gasteiger partial charge in [0.05, 0.1) is 11.5 Å². The molecule has 25 heavy (non-hydrogen) atoms. The van der Waals surface area contributed by atoms with Crippen molar-refractivity contribution in [1.82, 2.24) is 9.47 Å². The van der Waals surface area contributed by atoms with Crippen LogP contribution in [-0.4, -0.2) is 33.0 Å². The molecular formula is C20H24N2O3. The number of carbonyl (C=O) groups excluding carboxylic acids is 1. The molecule has 0 aliphatic carbocycles. The van der Waals surface area contributed by atoms with Gasteiger partial charge in [-0.2, -0.15) is 0 Å². The Kier molecular flexibility index (Phi) is 4.41. The van der Waals surface area contributed by atoms with Crippen LogP contribution in [0.4, 0.5) is 0 Å². The minimum Gasteiger partial charge on any atom is -0.481 e. The largest absolute Gasteiger partial charge is 0.481 e. The van der Waals surface area contributed by atoms with Crippen molar-refractivity contribution in [3.8, 4) is 0 Å². The van der Waals surface area contributed by atoms with Crippen molar-refractivity contribution in [1.29, 1.82) is 0 Å². The van der Waals surface area contributed by atoms with Crippen molar-refractivity contribution in [2.24, 2.45) is 0 Å². The van der Waals surface area contributed by atoms with Gasteiger partial charge in [-0.15, -0.1) is 0 Å². The Bertz CT molecular complexity index is 835. The van der Waals surface area contributed by atoms with Gasteiger partial charge in [0.1, 0.15) is 0 Å². The van der Waals surface area contributed by atoms with E-state index in [0.717, 1.165) is 22.5 Å². The lowest BCUT2D eigenvalue weighted by Crippen LogP contribution is -2.40. The molecule has 1 unspecified atom stereocenters. The summed E-state index contributed by atoms with van der Waals surface area (Å²) >= 11 is 0. The highest BCUT2D eigenvalue weighted by Crippen LogP contribution is 2.30. The van der Waals surface area contributed by atoms with Crippen LogP contribution in [0.3, 0.4) is 0 Å². The number of nitrogens with zero attached hydrogens (tertiary/aromatic N) is 2. The molecule has 5 heteroatoms. The Morgan fingerprint density at radius 1 is 1.20 bits per heavy atom. The highest BCUT2D eigenvalue weighted by Gasteiger charge is 2.33. The van der Waals surface area contributed by atoms with Gasteiger partial charge in [0.2, 0.25) is 0 Å². The molecule has 0 radical (unpaired) electrons. The van der Waals surface area contributed by atoms with E-state index in [-0.39, 0.29) is 18.5 Å². The Balaban J connectivity index is 1.97. The maximum absolute atomic E-state index is 13.1. The van der Waals surface area contributed by atoms with Gasteiger partial charge in [0.15, 0.2) is 0 Å². The summed E-state index contributed by atoms with van der Waals surface area (Å²) in [6, 6.07) is 9.67. The number of fused-ring (bicyclic) bond motifs is 1. The second kappa shape index (κ2) is 6.39. The monoisotopic (exact) mass is 340 g/mol. The predicted octanol–water partition coefficient (Wildman–Crippen LogP) is 3.51.